The van der Waals surface area contributed by atoms with E-state index < -0.39 is 11.6 Å². The minimum atomic E-state index is -0.950. The number of anilines is 1. The Labute approximate surface area is 191 Å². The number of carbonyl (C=O) groups excluding carboxylic acids is 1. The van der Waals surface area contributed by atoms with Gasteiger partial charge in [-0.15, -0.1) is 0 Å². The van der Waals surface area contributed by atoms with Crippen molar-refractivity contribution in [3.8, 4) is 16.9 Å². The second-order valence-corrected chi connectivity index (χ2v) is 8.37. The molecule has 2 heterocycles. The third-order valence-electron chi connectivity index (χ3n) is 5.61. The van der Waals surface area contributed by atoms with Crippen LogP contribution in [0.4, 0.5) is 14.6 Å². The quantitative estimate of drug-likeness (QED) is 0.612. The van der Waals surface area contributed by atoms with Crippen LogP contribution >= 0.6 is 0 Å². The van der Waals surface area contributed by atoms with Crippen molar-refractivity contribution in [1.29, 1.82) is 0 Å². The van der Waals surface area contributed by atoms with Crippen LogP contribution in [0.15, 0.2) is 54.7 Å². The molecule has 1 aliphatic heterocycles. The molecule has 6 nitrogen and oxygen atoms in total. The van der Waals surface area contributed by atoms with Crippen LogP contribution in [0.25, 0.3) is 11.1 Å². The van der Waals surface area contributed by atoms with Crippen LogP contribution in [-0.4, -0.2) is 41.0 Å². The minimum absolute atomic E-state index is 0.00155. The lowest BCUT2D eigenvalue weighted by Gasteiger charge is -2.36. The van der Waals surface area contributed by atoms with Crippen LogP contribution in [0.3, 0.4) is 0 Å². The second kappa shape index (κ2) is 9.54. The average Bonchev–Trinajstić information content (AvgIpc) is 2.80. The first-order valence-electron chi connectivity index (χ1n) is 10.8. The van der Waals surface area contributed by atoms with Crippen molar-refractivity contribution in [2.75, 3.05) is 18.8 Å². The zero-order valence-corrected chi connectivity index (χ0v) is 18.5. The van der Waals surface area contributed by atoms with Gasteiger partial charge in [-0.25, -0.2) is 13.8 Å². The summed E-state index contributed by atoms with van der Waals surface area (Å²) in [7, 11) is 0. The van der Waals surface area contributed by atoms with Gasteiger partial charge in [-0.1, -0.05) is 24.3 Å². The minimum Gasteiger partial charge on any atom is -0.485 e. The molecule has 2 unspecified atom stereocenters. The van der Waals surface area contributed by atoms with Gasteiger partial charge in [0.2, 0.25) is 0 Å². The van der Waals surface area contributed by atoms with Crippen molar-refractivity contribution in [2.24, 2.45) is 0 Å². The van der Waals surface area contributed by atoms with Gasteiger partial charge in [0, 0.05) is 48.1 Å². The highest BCUT2D eigenvalue weighted by Crippen LogP contribution is 2.28. The van der Waals surface area contributed by atoms with Crippen molar-refractivity contribution in [2.45, 2.75) is 32.5 Å². The number of pyridine rings is 1. The molecule has 2 atom stereocenters. The zero-order valence-electron chi connectivity index (χ0n) is 18.5. The van der Waals surface area contributed by atoms with Gasteiger partial charge in [0.1, 0.15) is 6.61 Å². The molecule has 4 rings (SSSR count). The van der Waals surface area contributed by atoms with Crippen molar-refractivity contribution in [3.63, 3.8) is 0 Å². The van der Waals surface area contributed by atoms with Crippen molar-refractivity contribution in [1.82, 2.24) is 15.2 Å². The zero-order chi connectivity index (χ0) is 23.5. The number of halogens is 2. The molecule has 0 saturated carbocycles. The highest BCUT2D eigenvalue weighted by atomic mass is 19.2. The highest BCUT2D eigenvalue weighted by Gasteiger charge is 2.25. The largest absolute Gasteiger partial charge is 0.485 e. The Hall–Kier alpha value is -3.52. The smallest absolute Gasteiger partial charge is 0.253 e. The lowest BCUT2D eigenvalue weighted by molar-refractivity contribution is 0.0674. The summed E-state index contributed by atoms with van der Waals surface area (Å²) in [6, 6.07) is 13.3. The van der Waals surface area contributed by atoms with Crippen LogP contribution in [-0.2, 0) is 6.61 Å². The molecule has 3 aromatic rings. The Morgan fingerprint density at radius 2 is 1.82 bits per heavy atom. The van der Waals surface area contributed by atoms with Gasteiger partial charge < -0.3 is 20.7 Å². The molecule has 172 valence electrons. The SMILES string of the molecule is CC1CN(C(=O)c2ccc(-c3cnc(N)c(OCc4cccc(F)c4F)c3)cc2)CC(C)N1. The van der Waals surface area contributed by atoms with Crippen LogP contribution in [0, 0.1) is 11.6 Å². The molecular weight excluding hydrogens is 426 g/mol. The average molecular weight is 453 g/mol. The van der Waals surface area contributed by atoms with E-state index in [1.165, 1.54) is 12.1 Å². The summed E-state index contributed by atoms with van der Waals surface area (Å²) in [6.45, 7) is 5.28. The van der Waals surface area contributed by atoms with E-state index in [1.54, 1.807) is 24.4 Å². The van der Waals surface area contributed by atoms with Gasteiger partial charge >= 0.3 is 0 Å². The number of hydrogen-bond acceptors (Lipinski definition) is 5. The Bertz CT molecular complexity index is 1140. The van der Waals surface area contributed by atoms with E-state index in [0.29, 0.717) is 18.7 Å². The van der Waals surface area contributed by atoms with E-state index in [0.717, 1.165) is 17.2 Å². The predicted molar refractivity (Wildman–Crippen MR) is 123 cm³/mol. The summed E-state index contributed by atoms with van der Waals surface area (Å²) in [5, 5.41) is 3.42. The number of hydrogen-bond donors (Lipinski definition) is 2. The Kier molecular flexibility index (Phi) is 6.55. The maximum atomic E-state index is 13.9. The fourth-order valence-electron chi connectivity index (χ4n) is 4.02. The first kappa shape index (κ1) is 22.7. The standard InChI is InChI=1S/C25H26F2N4O2/c1-15-12-31(13-16(2)30-15)25(32)18-8-6-17(7-9-18)20-10-22(24(28)29-11-20)33-14-19-4-3-5-21(26)23(19)27/h3-11,15-16,30H,12-14H2,1-2H3,(H2,28,29). The van der Waals surface area contributed by atoms with E-state index in [2.05, 4.69) is 24.1 Å². The van der Waals surface area contributed by atoms with Crippen LogP contribution < -0.4 is 15.8 Å². The number of piperazine rings is 1. The highest BCUT2D eigenvalue weighted by molar-refractivity contribution is 5.95. The lowest BCUT2D eigenvalue weighted by Crippen LogP contribution is -2.55. The van der Waals surface area contributed by atoms with Gasteiger partial charge in [-0.3, -0.25) is 4.79 Å². The maximum Gasteiger partial charge on any atom is 0.253 e. The predicted octanol–water partition coefficient (Wildman–Crippen LogP) is 4.01. The molecule has 0 aliphatic carbocycles. The second-order valence-electron chi connectivity index (χ2n) is 8.37. The van der Waals surface area contributed by atoms with Crippen LogP contribution in [0.5, 0.6) is 5.75 Å². The molecule has 1 amide bonds. The molecule has 1 aliphatic rings. The van der Waals surface area contributed by atoms with E-state index in [-0.39, 0.29) is 41.7 Å². The van der Waals surface area contributed by atoms with Gasteiger partial charge in [0.05, 0.1) is 0 Å². The van der Waals surface area contributed by atoms with E-state index in [9.17, 15) is 13.6 Å². The molecule has 3 N–H and O–H groups in total. The molecule has 33 heavy (non-hydrogen) atoms. The van der Waals surface area contributed by atoms with Crippen LogP contribution in [0.1, 0.15) is 29.8 Å². The number of nitrogen functional groups attached to an aromatic ring is 1. The first-order chi connectivity index (χ1) is 15.8. The summed E-state index contributed by atoms with van der Waals surface area (Å²) >= 11 is 0. The van der Waals surface area contributed by atoms with Crippen LogP contribution in [0.2, 0.25) is 0 Å². The van der Waals surface area contributed by atoms with E-state index in [1.807, 2.05) is 17.0 Å². The number of aromatic nitrogens is 1. The molecule has 0 spiro atoms. The van der Waals surface area contributed by atoms with Gasteiger partial charge in [0.25, 0.3) is 5.91 Å². The molecule has 0 radical (unpaired) electrons. The Morgan fingerprint density at radius 3 is 2.52 bits per heavy atom. The van der Waals surface area contributed by atoms with Gasteiger partial charge in [0.15, 0.2) is 23.2 Å². The molecule has 2 aromatic carbocycles. The topological polar surface area (TPSA) is 80.5 Å². The molecule has 1 fully saturated rings. The van der Waals surface area contributed by atoms with E-state index in [4.69, 9.17) is 10.5 Å². The number of carbonyl (C=O) groups is 1. The number of rotatable bonds is 5. The first-order valence-corrected chi connectivity index (χ1v) is 10.8. The Morgan fingerprint density at radius 1 is 1.12 bits per heavy atom. The summed E-state index contributed by atoms with van der Waals surface area (Å²) in [5.74, 6) is -1.48. The summed E-state index contributed by atoms with van der Waals surface area (Å²) in [5.41, 5.74) is 8.15. The molecule has 8 heteroatoms. The third kappa shape index (κ3) is 5.12. The number of nitrogens with two attached hydrogens (primary N) is 1. The van der Waals surface area contributed by atoms with Crippen molar-refractivity contribution >= 4 is 11.7 Å². The fourth-order valence-corrected chi connectivity index (χ4v) is 4.02. The lowest BCUT2D eigenvalue weighted by atomic mass is 10.0. The molecule has 0 bridgehead atoms. The molecular formula is C25H26F2N4O2. The fraction of sp³-hybridized carbons (Fsp3) is 0.280. The Balaban J connectivity index is 1.49. The van der Waals surface area contributed by atoms with E-state index >= 15 is 0 Å². The number of nitrogens with one attached hydrogen (secondary N) is 1. The number of nitrogens with zero attached hydrogens (tertiary/aromatic N) is 2. The summed E-state index contributed by atoms with van der Waals surface area (Å²) < 4.78 is 32.9. The number of ether oxygens (including phenoxy) is 1. The van der Waals surface area contributed by atoms with Gasteiger partial charge in [-0.2, -0.15) is 0 Å². The summed E-state index contributed by atoms with van der Waals surface area (Å²) in [6.07, 6.45) is 1.60. The summed E-state index contributed by atoms with van der Waals surface area (Å²) in [4.78, 5) is 18.9. The monoisotopic (exact) mass is 452 g/mol. The maximum absolute atomic E-state index is 13.9. The van der Waals surface area contributed by atoms with Gasteiger partial charge in [-0.05, 0) is 43.7 Å². The molecule has 1 saturated heterocycles. The number of benzene rings is 2. The third-order valence-corrected chi connectivity index (χ3v) is 5.61. The molecule has 1 aromatic heterocycles. The number of amides is 1. The normalized spacial score (nSPS) is 18.2. The van der Waals surface area contributed by atoms with Crippen molar-refractivity contribution in [3.05, 3.63) is 77.5 Å². The van der Waals surface area contributed by atoms with Crippen molar-refractivity contribution < 1.29 is 18.3 Å².